The Morgan fingerprint density at radius 1 is 1.28 bits per heavy atom. The number of esters is 1. The van der Waals surface area contributed by atoms with E-state index in [4.69, 9.17) is 9.47 Å². The topological polar surface area (TPSA) is 102 Å². The number of benzene rings is 1. The van der Waals surface area contributed by atoms with Gasteiger partial charge in [-0.3, -0.25) is 4.79 Å². The van der Waals surface area contributed by atoms with Crippen molar-refractivity contribution in [3.8, 4) is 0 Å². The molecule has 1 saturated heterocycles. The lowest BCUT2D eigenvalue weighted by atomic mass is 10.2. The third-order valence-corrected chi connectivity index (χ3v) is 5.19. The predicted octanol–water partition coefficient (Wildman–Crippen LogP) is 0.389. The highest BCUT2D eigenvalue weighted by Crippen LogP contribution is 2.14. The number of nitrogens with one attached hydrogen (secondary N) is 1. The molecule has 138 valence electrons. The molecule has 8 nitrogen and oxygen atoms in total. The first-order chi connectivity index (χ1) is 11.8. The molecule has 2 rings (SSSR count). The Morgan fingerprint density at radius 3 is 2.52 bits per heavy atom. The summed E-state index contributed by atoms with van der Waals surface area (Å²) in [5.74, 6) is -1.03. The number of amides is 1. The first kappa shape index (κ1) is 19.4. The Balaban J connectivity index is 1.93. The van der Waals surface area contributed by atoms with Gasteiger partial charge in [0.25, 0.3) is 5.91 Å². The lowest BCUT2D eigenvalue weighted by Crippen LogP contribution is -2.31. The zero-order chi connectivity index (χ0) is 18.4. The van der Waals surface area contributed by atoms with E-state index < -0.39 is 16.0 Å². The SMILES string of the molecule is CN(C)C(=O)COC(=O)c1ccc(S(=O)(=O)NC[C@@H]2CCCO2)cc1. The van der Waals surface area contributed by atoms with Gasteiger partial charge in [-0.15, -0.1) is 0 Å². The van der Waals surface area contributed by atoms with E-state index in [2.05, 4.69) is 4.72 Å². The Hall–Kier alpha value is -1.97. The van der Waals surface area contributed by atoms with Crippen LogP contribution < -0.4 is 4.72 Å². The molecule has 0 saturated carbocycles. The van der Waals surface area contributed by atoms with Gasteiger partial charge in [0.2, 0.25) is 10.0 Å². The van der Waals surface area contributed by atoms with Gasteiger partial charge in [-0.2, -0.15) is 0 Å². The second-order valence-electron chi connectivity index (χ2n) is 5.88. The van der Waals surface area contributed by atoms with Crippen LogP contribution in [-0.4, -0.2) is 65.2 Å². The fourth-order valence-electron chi connectivity index (χ4n) is 2.20. The number of likely N-dealkylation sites (N-methyl/N-ethyl adjacent to an activating group) is 1. The van der Waals surface area contributed by atoms with Crippen LogP contribution >= 0.6 is 0 Å². The van der Waals surface area contributed by atoms with E-state index >= 15 is 0 Å². The van der Waals surface area contributed by atoms with Gasteiger partial charge in [0.15, 0.2) is 6.61 Å². The molecule has 0 unspecified atom stereocenters. The maximum Gasteiger partial charge on any atom is 0.338 e. The van der Waals surface area contributed by atoms with Crippen molar-refractivity contribution in [2.24, 2.45) is 0 Å². The fraction of sp³-hybridized carbons (Fsp3) is 0.500. The molecule has 0 radical (unpaired) electrons. The monoisotopic (exact) mass is 370 g/mol. The van der Waals surface area contributed by atoms with E-state index in [0.29, 0.717) is 6.61 Å². The summed E-state index contributed by atoms with van der Waals surface area (Å²) in [6, 6.07) is 5.34. The molecule has 9 heteroatoms. The summed E-state index contributed by atoms with van der Waals surface area (Å²) in [4.78, 5) is 24.6. The molecule has 25 heavy (non-hydrogen) atoms. The van der Waals surface area contributed by atoms with Crippen molar-refractivity contribution < 1.29 is 27.5 Å². The number of hydrogen-bond donors (Lipinski definition) is 1. The van der Waals surface area contributed by atoms with Crippen LogP contribution in [0, 0.1) is 0 Å². The molecule has 1 N–H and O–H groups in total. The maximum absolute atomic E-state index is 12.2. The van der Waals surface area contributed by atoms with Crippen molar-refractivity contribution in [3.05, 3.63) is 29.8 Å². The maximum atomic E-state index is 12.2. The molecule has 1 atom stereocenters. The Bertz CT molecular complexity index is 709. The summed E-state index contributed by atoms with van der Waals surface area (Å²) >= 11 is 0. The summed E-state index contributed by atoms with van der Waals surface area (Å²) < 4.78 is 37.2. The number of carbonyl (C=O) groups excluding carboxylic acids is 2. The van der Waals surface area contributed by atoms with Crippen LogP contribution in [0.25, 0.3) is 0 Å². The Labute approximate surface area is 147 Å². The van der Waals surface area contributed by atoms with E-state index in [1.54, 1.807) is 14.1 Å². The summed E-state index contributed by atoms with van der Waals surface area (Å²) in [7, 11) is -0.560. The molecular weight excluding hydrogens is 348 g/mol. The average Bonchev–Trinajstić information content (AvgIpc) is 3.11. The van der Waals surface area contributed by atoms with Crippen molar-refractivity contribution in [1.29, 1.82) is 0 Å². The standard InChI is InChI=1S/C16H22N2O6S/c1-18(2)15(19)11-24-16(20)12-5-7-14(8-6-12)25(21,22)17-10-13-4-3-9-23-13/h5-8,13,17H,3-4,9-11H2,1-2H3/t13-/m0/s1. The highest BCUT2D eigenvalue weighted by molar-refractivity contribution is 7.89. The third-order valence-electron chi connectivity index (χ3n) is 3.75. The predicted molar refractivity (Wildman–Crippen MR) is 89.6 cm³/mol. The Morgan fingerprint density at radius 2 is 1.96 bits per heavy atom. The molecule has 1 amide bonds. The summed E-state index contributed by atoms with van der Waals surface area (Å²) in [6.07, 6.45) is 1.66. The van der Waals surface area contributed by atoms with Gasteiger partial charge in [-0.05, 0) is 37.1 Å². The first-order valence-electron chi connectivity index (χ1n) is 7.88. The zero-order valence-corrected chi connectivity index (χ0v) is 15.0. The summed E-state index contributed by atoms with van der Waals surface area (Å²) in [5.41, 5.74) is 0.171. The highest BCUT2D eigenvalue weighted by atomic mass is 32.2. The van der Waals surface area contributed by atoms with Crippen LogP contribution in [-0.2, 0) is 24.3 Å². The largest absolute Gasteiger partial charge is 0.452 e. The molecule has 0 aromatic heterocycles. The molecule has 1 aliphatic rings. The fourth-order valence-corrected chi connectivity index (χ4v) is 3.27. The Kier molecular flexibility index (Phi) is 6.51. The number of sulfonamides is 1. The van der Waals surface area contributed by atoms with E-state index in [9.17, 15) is 18.0 Å². The van der Waals surface area contributed by atoms with Crippen LogP contribution in [0.5, 0.6) is 0 Å². The number of rotatable bonds is 7. The van der Waals surface area contributed by atoms with Gasteiger partial charge in [-0.25, -0.2) is 17.9 Å². The first-order valence-corrected chi connectivity index (χ1v) is 9.36. The second-order valence-corrected chi connectivity index (χ2v) is 7.64. The minimum atomic E-state index is -3.67. The van der Waals surface area contributed by atoms with Crippen molar-refractivity contribution in [3.63, 3.8) is 0 Å². The van der Waals surface area contributed by atoms with Crippen LogP contribution in [0.1, 0.15) is 23.2 Å². The molecule has 1 heterocycles. The van der Waals surface area contributed by atoms with Gasteiger partial charge >= 0.3 is 5.97 Å². The minimum Gasteiger partial charge on any atom is -0.452 e. The second kappa shape index (κ2) is 8.41. The molecular formula is C16H22N2O6S. The summed E-state index contributed by atoms with van der Waals surface area (Å²) in [5, 5.41) is 0. The third kappa shape index (κ3) is 5.52. The van der Waals surface area contributed by atoms with Gasteiger partial charge in [0.05, 0.1) is 16.6 Å². The van der Waals surface area contributed by atoms with E-state index in [0.717, 1.165) is 12.8 Å². The number of carbonyl (C=O) groups is 2. The molecule has 1 aromatic rings. The van der Waals surface area contributed by atoms with E-state index in [1.165, 1.54) is 29.2 Å². The van der Waals surface area contributed by atoms with Crippen LogP contribution in [0.2, 0.25) is 0 Å². The lowest BCUT2D eigenvalue weighted by molar-refractivity contribution is -0.131. The molecule has 1 fully saturated rings. The van der Waals surface area contributed by atoms with E-state index in [1.807, 2.05) is 0 Å². The smallest absolute Gasteiger partial charge is 0.338 e. The molecule has 0 spiro atoms. The van der Waals surface area contributed by atoms with E-state index in [-0.39, 0.29) is 35.6 Å². The van der Waals surface area contributed by atoms with Crippen molar-refractivity contribution in [1.82, 2.24) is 9.62 Å². The van der Waals surface area contributed by atoms with Crippen molar-refractivity contribution in [2.75, 3.05) is 33.9 Å². The van der Waals surface area contributed by atoms with Gasteiger partial charge < -0.3 is 14.4 Å². The van der Waals surface area contributed by atoms with Gasteiger partial charge in [-0.1, -0.05) is 0 Å². The van der Waals surface area contributed by atoms with Crippen LogP contribution in [0.4, 0.5) is 0 Å². The minimum absolute atomic E-state index is 0.0476. The van der Waals surface area contributed by atoms with Crippen molar-refractivity contribution >= 4 is 21.9 Å². The molecule has 0 bridgehead atoms. The summed E-state index contributed by atoms with van der Waals surface area (Å²) in [6.45, 7) is 0.507. The van der Waals surface area contributed by atoms with Gasteiger partial charge in [0, 0.05) is 27.2 Å². The number of nitrogens with zero attached hydrogens (tertiary/aromatic N) is 1. The molecule has 1 aliphatic heterocycles. The normalized spacial score (nSPS) is 17.3. The van der Waals surface area contributed by atoms with Crippen LogP contribution in [0.15, 0.2) is 29.2 Å². The van der Waals surface area contributed by atoms with Crippen molar-refractivity contribution in [2.45, 2.75) is 23.8 Å². The zero-order valence-electron chi connectivity index (χ0n) is 14.2. The van der Waals surface area contributed by atoms with Crippen LogP contribution in [0.3, 0.4) is 0 Å². The average molecular weight is 370 g/mol. The lowest BCUT2D eigenvalue weighted by Gasteiger charge is -2.12. The highest BCUT2D eigenvalue weighted by Gasteiger charge is 2.20. The number of hydrogen-bond acceptors (Lipinski definition) is 6. The molecule has 1 aromatic carbocycles. The quantitative estimate of drug-likeness (QED) is 0.697. The molecule has 0 aliphatic carbocycles. The van der Waals surface area contributed by atoms with Gasteiger partial charge in [0.1, 0.15) is 0 Å². The number of ether oxygens (including phenoxy) is 2.